The van der Waals surface area contributed by atoms with Crippen LogP contribution in [0.4, 0.5) is 13.2 Å². The second-order valence-electron chi connectivity index (χ2n) is 11.2. The zero-order chi connectivity index (χ0) is 32.7. The van der Waals surface area contributed by atoms with E-state index in [2.05, 4.69) is 15.3 Å². The van der Waals surface area contributed by atoms with Gasteiger partial charge in [-0.25, -0.2) is 22.8 Å². The maximum absolute atomic E-state index is 14.1. The molecule has 3 fully saturated rings. The Labute approximate surface area is 277 Å². The predicted octanol–water partition coefficient (Wildman–Crippen LogP) is 5.83. The van der Waals surface area contributed by atoms with Gasteiger partial charge in [0.1, 0.15) is 41.2 Å². The first-order valence-corrected chi connectivity index (χ1v) is 16.3. The van der Waals surface area contributed by atoms with Crippen molar-refractivity contribution >= 4 is 29.3 Å². The second kappa shape index (κ2) is 13.5. The lowest BCUT2D eigenvalue weighted by atomic mass is 9.95. The predicted molar refractivity (Wildman–Crippen MR) is 164 cm³/mol. The lowest BCUT2D eigenvalue weighted by molar-refractivity contribution is -0.309. The summed E-state index contributed by atoms with van der Waals surface area (Å²) in [4.78, 5) is 19.9. The summed E-state index contributed by atoms with van der Waals surface area (Å²) in [6.45, 7) is 3.56. The number of benzene rings is 2. The van der Waals surface area contributed by atoms with Crippen LogP contribution in [0.25, 0.3) is 11.3 Å². The highest BCUT2D eigenvalue weighted by Crippen LogP contribution is 2.45. The SMILES string of the molecule is CCOC1C(n2cc(-c3cc(F)c(F)c(F)c3)nn2)[C@H]2OC(c3ccccc3)OCC2O[C@@H]1Sc1cc(Cl)cnc1C(=O)N1CCC1. The Bertz CT molecular complexity index is 1740. The van der Waals surface area contributed by atoms with Gasteiger partial charge >= 0.3 is 0 Å². The molecule has 3 aliphatic heterocycles. The van der Waals surface area contributed by atoms with E-state index in [4.69, 9.17) is 30.5 Å². The lowest BCUT2D eigenvalue weighted by Crippen LogP contribution is -2.59. The summed E-state index contributed by atoms with van der Waals surface area (Å²) in [5.41, 5.74) is 0.422. The molecule has 0 radical (unpaired) electrons. The van der Waals surface area contributed by atoms with Gasteiger partial charge in [-0.05, 0) is 31.5 Å². The molecule has 4 aromatic rings. The first-order chi connectivity index (χ1) is 22.8. The van der Waals surface area contributed by atoms with Gasteiger partial charge in [0.15, 0.2) is 23.7 Å². The number of hydrogen-bond donors (Lipinski definition) is 0. The summed E-state index contributed by atoms with van der Waals surface area (Å²) in [6.07, 6.45) is 1.08. The highest BCUT2D eigenvalue weighted by molar-refractivity contribution is 8.00. The van der Waals surface area contributed by atoms with E-state index >= 15 is 0 Å². The van der Waals surface area contributed by atoms with Crippen LogP contribution in [0.3, 0.4) is 0 Å². The van der Waals surface area contributed by atoms with Crippen LogP contribution in [0, 0.1) is 17.5 Å². The summed E-state index contributed by atoms with van der Waals surface area (Å²) in [6, 6.07) is 12.1. The van der Waals surface area contributed by atoms with E-state index in [1.165, 1.54) is 28.8 Å². The van der Waals surface area contributed by atoms with Crippen molar-refractivity contribution in [1.29, 1.82) is 0 Å². The topological polar surface area (TPSA) is 101 Å². The van der Waals surface area contributed by atoms with Gasteiger partial charge in [0.25, 0.3) is 5.91 Å². The minimum atomic E-state index is -1.57. The molecule has 6 atom stereocenters. The number of ether oxygens (including phenoxy) is 4. The van der Waals surface area contributed by atoms with E-state index in [0.717, 1.165) is 24.1 Å². The molecule has 0 spiro atoms. The Balaban J connectivity index is 1.27. The summed E-state index contributed by atoms with van der Waals surface area (Å²) in [7, 11) is 0. The first-order valence-electron chi connectivity index (χ1n) is 15.1. The molecule has 2 aromatic heterocycles. The first kappa shape index (κ1) is 32.0. The number of fused-ring (bicyclic) bond motifs is 1. The Morgan fingerprint density at radius 2 is 1.87 bits per heavy atom. The van der Waals surface area contributed by atoms with Gasteiger partial charge in [-0.2, -0.15) is 0 Å². The molecule has 1 amide bonds. The maximum atomic E-state index is 14.1. The number of thioether (sulfide) groups is 1. The number of nitrogens with zero attached hydrogens (tertiary/aromatic N) is 5. The Kier molecular flexibility index (Phi) is 9.22. The molecule has 5 heterocycles. The zero-order valence-corrected chi connectivity index (χ0v) is 26.5. The van der Waals surface area contributed by atoms with E-state index in [1.54, 1.807) is 11.0 Å². The van der Waals surface area contributed by atoms with Crippen LogP contribution in [0.1, 0.15) is 41.7 Å². The Morgan fingerprint density at radius 1 is 1.11 bits per heavy atom. The number of rotatable bonds is 8. The molecule has 3 saturated heterocycles. The van der Waals surface area contributed by atoms with Crippen molar-refractivity contribution in [3.8, 4) is 11.3 Å². The summed E-state index contributed by atoms with van der Waals surface area (Å²) >= 11 is 7.59. The number of amides is 1. The molecule has 2 aromatic carbocycles. The average Bonchev–Trinajstić information content (AvgIpc) is 3.53. The van der Waals surface area contributed by atoms with Crippen molar-refractivity contribution in [2.75, 3.05) is 26.3 Å². The van der Waals surface area contributed by atoms with E-state index in [0.29, 0.717) is 23.0 Å². The highest BCUT2D eigenvalue weighted by atomic mass is 35.5. The van der Waals surface area contributed by atoms with Crippen LogP contribution in [0.2, 0.25) is 5.02 Å². The van der Waals surface area contributed by atoms with Crippen LogP contribution in [0.5, 0.6) is 0 Å². The summed E-state index contributed by atoms with van der Waals surface area (Å²) < 4.78 is 69.1. The van der Waals surface area contributed by atoms with Crippen molar-refractivity contribution in [2.45, 2.75) is 54.3 Å². The minimum Gasteiger partial charge on any atom is -0.373 e. The van der Waals surface area contributed by atoms with Gasteiger partial charge in [-0.15, -0.1) is 5.10 Å². The number of hydrogen-bond acceptors (Lipinski definition) is 9. The quantitative estimate of drug-likeness (QED) is 0.212. The third kappa shape index (κ3) is 6.37. The number of halogens is 4. The standard InChI is InChI=1S/C32H29ClF3N5O5S/c1-2-43-29-27(41-15-22(38-39-41)18-11-20(34)25(36)21(35)12-18)28-23(16-44-31(46-28)17-7-4-3-5-8-17)45-32(29)47-24-13-19(33)14-37-26(24)30(42)40-9-6-10-40/h3-5,7-8,11-15,23,27-29,31-32H,2,6,9-10,16H2,1H3/t23?,27?,28-,29?,31?,32+/m0/s1. The maximum Gasteiger partial charge on any atom is 0.273 e. The molecule has 15 heteroatoms. The molecule has 7 rings (SSSR count). The highest BCUT2D eigenvalue weighted by Gasteiger charge is 2.52. The van der Waals surface area contributed by atoms with Crippen LogP contribution in [0.15, 0.2) is 65.8 Å². The molecule has 47 heavy (non-hydrogen) atoms. The van der Waals surface area contributed by atoms with Crippen molar-refractivity contribution in [1.82, 2.24) is 24.9 Å². The van der Waals surface area contributed by atoms with Crippen molar-refractivity contribution in [3.05, 3.63) is 94.7 Å². The molecule has 0 saturated carbocycles. The number of pyridine rings is 1. The number of aromatic nitrogens is 4. The van der Waals surface area contributed by atoms with Gasteiger partial charge in [-0.3, -0.25) is 4.79 Å². The second-order valence-corrected chi connectivity index (χ2v) is 12.8. The van der Waals surface area contributed by atoms with Gasteiger partial charge in [-0.1, -0.05) is 58.9 Å². The third-order valence-corrected chi connectivity index (χ3v) is 9.63. The number of carbonyl (C=O) groups excluding carboxylic acids is 1. The number of carbonyl (C=O) groups is 1. The smallest absolute Gasteiger partial charge is 0.273 e. The molecule has 10 nitrogen and oxygen atoms in total. The normalized spacial score (nSPS) is 25.7. The minimum absolute atomic E-state index is 0.00403. The molecule has 4 unspecified atom stereocenters. The third-order valence-electron chi connectivity index (χ3n) is 8.24. The molecule has 0 bridgehead atoms. The van der Waals surface area contributed by atoms with Crippen LogP contribution in [-0.4, -0.2) is 80.8 Å². The largest absolute Gasteiger partial charge is 0.373 e. The van der Waals surface area contributed by atoms with Crippen molar-refractivity contribution in [3.63, 3.8) is 0 Å². The summed E-state index contributed by atoms with van der Waals surface area (Å²) in [5.74, 6) is -4.47. The van der Waals surface area contributed by atoms with E-state index in [1.807, 2.05) is 37.3 Å². The number of likely N-dealkylation sites (tertiary alicyclic amines) is 1. The summed E-state index contributed by atoms with van der Waals surface area (Å²) in [5, 5.41) is 8.84. The van der Waals surface area contributed by atoms with Gasteiger partial charge < -0.3 is 23.8 Å². The fourth-order valence-corrected chi connectivity index (χ4v) is 7.33. The fraction of sp³-hybridized carbons (Fsp3) is 0.375. The van der Waals surface area contributed by atoms with E-state index in [9.17, 15) is 18.0 Å². The van der Waals surface area contributed by atoms with Crippen molar-refractivity contribution in [2.24, 2.45) is 0 Å². The Morgan fingerprint density at radius 3 is 2.57 bits per heavy atom. The zero-order valence-electron chi connectivity index (χ0n) is 25.0. The van der Waals surface area contributed by atoms with Crippen LogP contribution in [-0.2, 0) is 18.9 Å². The average molecular weight is 688 g/mol. The van der Waals surface area contributed by atoms with Crippen LogP contribution < -0.4 is 0 Å². The van der Waals surface area contributed by atoms with Crippen LogP contribution >= 0.6 is 23.4 Å². The van der Waals surface area contributed by atoms with Gasteiger partial charge in [0, 0.05) is 41.9 Å². The monoisotopic (exact) mass is 687 g/mol. The molecule has 0 aliphatic carbocycles. The van der Waals surface area contributed by atoms with Gasteiger partial charge in [0.2, 0.25) is 0 Å². The Hall–Kier alpha value is -3.53. The van der Waals surface area contributed by atoms with Gasteiger partial charge in [0.05, 0.1) is 17.8 Å². The van der Waals surface area contributed by atoms with E-state index in [-0.39, 0.29) is 36.1 Å². The molecular weight excluding hydrogens is 659 g/mol. The molecular formula is C32H29ClF3N5O5S. The molecule has 0 N–H and O–H groups in total. The van der Waals surface area contributed by atoms with E-state index < -0.39 is 53.5 Å². The fourth-order valence-electron chi connectivity index (χ4n) is 5.84. The molecule has 3 aliphatic rings. The molecule has 246 valence electrons. The van der Waals surface area contributed by atoms with Crippen molar-refractivity contribution < 1.29 is 36.9 Å². The lowest BCUT2D eigenvalue weighted by Gasteiger charge is -2.49.